The summed E-state index contributed by atoms with van der Waals surface area (Å²) in [6, 6.07) is 9.27. The van der Waals surface area contributed by atoms with Crippen LogP contribution in [0.3, 0.4) is 0 Å². The summed E-state index contributed by atoms with van der Waals surface area (Å²) in [5, 5.41) is 8.96. The van der Waals surface area contributed by atoms with Crippen LogP contribution >= 0.6 is 15.9 Å². The average molecular weight is 547 g/mol. The van der Waals surface area contributed by atoms with E-state index in [2.05, 4.69) is 31.4 Å². The number of hydrogen-bond acceptors (Lipinski definition) is 6. The minimum Gasteiger partial charge on any atom is -0.436 e. The molecule has 0 saturated heterocycles. The van der Waals surface area contributed by atoms with E-state index in [0.29, 0.717) is 0 Å². The molecule has 0 fully saturated rings. The van der Waals surface area contributed by atoms with E-state index >= 15 is 0 Å². The third kappa shape index (κ3) is 5.47. The van der Waals surface area contributed by atoms with Crippen molar-refractivity contribution in [2.24, 2.45) is 0 Å². The van der Waals surface area contributed by atoms with Gasteiger partial charge in [-0.25, -0.2) is 13.4 Å². The quantitative estimate of drug-likeness (QED) is 0.394. The summed E-state index contributed by atoms with van der Waals surface area (Å²) in [5.74, 6) is -2.45. The van der Waals surface area contributed by atoms with Crippen molar-refractivity contribution in [2.45, 2.75) is 18.0 Å². The van der Waals surface area contributed by atoms with Crippen molar-refractivity contribution in [2.75, 3.05) is 11.6 Å². The van der Waals surface area contributed by atoms with Gasteiger partial charge in [0.25, 0.3) is 11.8 Å². The molecule has 0 bridgehead atoms. The second kappa shape index (κ2) is 9.06. The molecule has 1 heterocycles. The number of carbonyl (C=O) groups is 1. The maximum absolute atomic E-state index is 13.8. The number of aromatic nitrogens is 2. The maximum Gasteiger partial charge on any atom is 0.435 e. The highest BCUT2D eigenvalue weighted by molar-refractivity contribution is 9.10. The van der Waals surface area contributed by atoms with Crippen LogP contribution in [0, 0.1) is 17.5 Å². The molecule has 0 aliphatic heterocycles. The van der Waals surface area contributed by atoms with Gasteiger partial charge in [-0.2, -0.15) is 13.2 Å². The Labute approximate surface area is 194 Å². The summed E-state index contributed by atoms with van der Waals surface area (Å²) >= 11 is 2.97. The van der Waals surface area contributed by atoms with Gasteiger partial charge < -0.3 is 10.1 Å². The average Bonchev–Trinajstić information content (AvgIpc) is 2.70. The molecule has 0 spiro atoms. The number of anilines is 1. The molecule has 0 aliphatic carbocycles. The van der Waals surface area contributed by atoms with E-state index in [1.54, 1.807) is 0 Å². The van der Waals surface area contributed by atoms with Gasteiger partial charge in [-0.3, -0.25) is 4.79 Å². The van der Waals surface area contributed by atoms with Crippen LogP contribution in [0.15, 0.2) is 51.8 Å². The van der Waals surface area contributed by atoms with Crippen molar-refractivity contribution < 1.29 is 31.3 Å². The SMILES string of the molecule is Cc1c(C(F)(F)F)nnc(Oc2cccc(F)c2Br)c1C(=O)Nc1cccc(S(C)(=N)=O)c1. The van der Waals surface area contributed by atoms with Gasteiger partial charge in [-0.1, -0.05) is 12.1 Å². The zero-order valence-corrected chi connectivity index (χ0v) is 19.4. The van der Waals surface area contributed by atoms with Crippen LogP contribution in [0.25, 0.3) is 0 Å². The summed E-state index contributed by atoms with van der Waals surface area (Å²) < 4.78 is 79.0. The number of nitrogens with one attached hydrogen (secondary N) is 2. The van der Waals surface area contributed by atoms with Gasteiger partial charge in [-0.15, -0.1) is 10.2 Å². The lowest BCUT2D eigenvalue weighted by Crippen LogP contribution is -2.21. The molecule has 3 aromatic rings. The van der Waals surface area contributed by atoms with Gasteiger partial charge in [0.1, 0.15) is 17.1 Å². The first-order valence-electron chi connectivity index (χ1n) is 9.00. The zero-order valence-electron chi connectivity index (χ0n) is 17.0. The molecule has 33 heavy (non-hydrogen) atoms. The van der Waals surface area contributed by atoms with Gasteiger partial charge in [0.15, 0.2) is 5.69 Å². The second-order valence-electron chi connectivity index (χ2n) is 6.83. The number of ether oxygens (including phenoxy) is 1. The number of halogens is 5. The predicted octanol–water partition coefficient (Wildman–Crippen LogP) is 5.79. The highest BCUT2D eigenvalue weighted by Gasteiger charge is 2.38. The fourth-order valence-corrected chi connectivity index (χ4v) is 3.82. The third-order valence-corrected chi connectivity index (χ3v) is 6.27. The Morgan fingerprint density at radius 3 is 2.48 bits per heavy atom. The van der Waals surface area contributed by atoms with E-state index in [1.165, 1.54) is 42.7 Å². The Bertz CT molecular complexity index is 1350. The first kappa shape index (κ1) is 24.6. The van der Waals surface area contributed by atoms with Crippen LogP contribution in [-0.2, 0) is 15.9 Å². The van der Waals surface area contributed by atoms with Crippen molar-refractivity contribution in [3.8, 4) is 11.6 Å². The Morgan fingerprint density at radius 1 is 1.18 bits per heavy atom. The fourth-order valence-electron chi connectivity index (χ4n) is 2.78. The molecule has 0 radical (unpaired) electrons. The third-order valence-electron chi connectivity index (χ3n) is 4.34. The minimum absolute atomic E-state index is 0.0852. The van der Waals surface area contributed by atoms with E-state index < -0.39 is 50.3 Å². The molecular weight excluding hydrogens is 532 g/mol. The van der Waals surface area contributed by atoms with Crippen molar-refractivity contribution in [1.82, 2.24) is 10.2 Å². The second-order valence-corrected chi connectivity index (χ2v) is 9.78. The molecule has 1 aromatic heterocycles. The van der Waals surface area contributed by atoms with Crippen molar-refractivity contribution >= 4 is 37.3 Å². The van der Waals surface area contributed by atoms with Crippen LogP contribution in [0.2, 0.25) is 0 Å². The summed E-state index contributed by atoms with van der Waals surface area (Å²) in [6.45, 7) is 1.03. The lowest BCUT2D eigenvalue weighted by atomic mass is 10.1. The summed E-state index contributed by atoms with van der Waals surface area (Å²) in [5.41, 5.74) is -2.45. The normalized spacial score (nSPS) is 13.3. The minimum atomic E-state index is -4.90. The summed E-state index contributed by atoms with van der Waals surface area (Å²) in [7, 11) is -3.11. The Hall–Kier alpha value is -3.06. The number of amides is 1. The van der Waals surface area contributed by atoms with E-state index in [1.807, 2.05) is 0 Å². The van der Waals surface area contributed by atoms with Gasteiger partial charge in [-0.05, 0) is 58.7 Å². The van der Waals surface area contributed by atoms with Crippen LogP contribution in [0.4, 0.5) is 23.2 Å². The van der Waals surface area contributed by atoms with Gasteiger partial charge in [0.2, 0.25) is 0 Å². The van der Waals surface area contributed by atoms with Crippen LogP contribution < -0.4 is 10.1 Å². The molecule has 2 N–H and O–H groups in total. The maximum atomic E-state index is 13.8. The van der Waals surface area contributed by atoms with Crippen molar-refractivity contribution in [1.29, 1.82) is 4.78 Å². The number of nitrogens with zero attached hydrogens (tertiary/aromatic N) is 2. The van der Waals surface area contributed by atoms with Gasteiger partial charge in [0.05, 0.1) is 14.2 Å². The van der Waals surface area contributed by atoms with Crippen molar-refractivity contribution in [3.63, 3.8) is 0 Å². The molecule has 13 heteroatoms. The standard InChI is InChI=1S/C20H15BrF4N4O3S/c1-10-15(18(30)27-11-5-3-6-12(9-11)33(2,26)31)19(29-28-17(10)20(23,24)25)32-14-8-4-7-13(22)16(14)21/h3-9,26H,1-2H3,(H,27,30). The number of hydrogen-bond donors (Lipinski definition) is 2. The lowest BCUT2D eigenvalue weighted by molar-refractivity contribution is -0.142. The van der Waals surface area contributed by atoms with Gasteiger partial charge in [0, 0.05) is 16.8 Å². The molecule has 0 aliphatic rings. The molecule has 1 amide bonds. The van der Waals surface area contributed by atoms with Crippen LogP contribution in [0.1, 0.15) is 21.6 Å². The Morgan fingerprint density at radius 2 is 1.85 bits per heavy atom. The van der Waals surface area contributed by atoms with E-state index in [0.717, 1.165) is 13.0 Å². The molecule has 2 aromatic carbocycles. The van der Waals surface area contributed by atoms with Crippen LogP contribution in [0.5, 0.6) is 11.6 Å². The van der Waals surface area contributed by atoms with Crippen LogP contribution in [-0.4, -0.2) is 26.6 Å². The Balaban J connectivity index is 2.09. The highest BCUT2D eigenvalue weighted by Crippen LogP contribution is 2.37. The largest absolute Gasteiger partial charge is 0.436 e. The molecule has 1 unspecified atom stereocenters. The van der Waals surface area contributed by atoms with E-state index in [-0.39, 0.29) is 20.8 Å². The molecule has 1 atom stereocenters. The Kier molecular flexibility index (Phi) is 6.75. The number of rotatable bonds is 5. The molecule has 3 rings (SSSR count). The topological polar surface area (TPSA) is 105 Å². The highest BCUT2D eigenvalue weighted by atomic mass is 79.9. The fraction of sp³-hybridized carbons (Fsp3) is 0.150. The number of benzene rings is 2. The monoisotopic (exact) mass is 546 g/mol. The lowest BCUT2D eigenvalue weighted by Gasteiger charge is -2.16. The van der Waals surface area contributed by atoms with E-state index in [9.17, 15) is 26.6 Å². The molecule has 0 saturated carbocycles. The summed E-state index contributed by atoms with van der Waals surface area (Å²) in [4.78, 5) is 13.1. The molecular formula is C20H15BrF4N4O3S. The number of alkyl halides is 3. The summed E-state index contributed by atoms with van der Waals surface area (Å²) in [6.07, 6.45) is -3.72. The smallest absolute Gasteiger partial charge is 0.435 e. The molecule has 174 valence electrons. The van der Waals surface area contributed by atoms with Gasteiger partial charge >= 0.3 is 6.18 Å². The van der Waals surface area contributed by atoms with Crippen molar-refractivity contribution in [3.05, 3.63) is 69.6 Å². The first-order valence-corrected chi connectivity index (χ1v) is 11.8. The number of carbonyl (C=O) groups excluding carboxylic acids is 1. The first-order chi connectivity index (χ1) is 15.3. The predicted molar refractivity (Wildman–Crippen MR) is 115 cm³/mol. The van der Waals surface area contributed by atoms with E-state index in [4.69, 9.17) is 9.52 Å². The molecule has 7 nitrogen and oxygen atoms in total. The zero-order chi connectivity index (χ0) is 24.6.